The third-order valence-electron chi connectivity index (χ3n) is 3.22. The smallest absolute Gasteiger partial charge is 0.243 e. The molecule has 4 nitrogen and oxygen atoms in total. The fraction of sp³-hybridized carbons (Fsp3) is 0.278. The fourth-order valence-corrected chi connectivity index (χ4v) is 2.38. The highest BCUT2D eigenvalue weighted by Gasteiger charge is 2.04. The second-order valence-electron chi connectivity index (χ2n) is 5.11. The summed E-state index contributed by atoms with van der Waals surface area (Å²) in [7, 11) is 0. The number of amides is 1. The van der Waals surface area contributed by atoms with Crippen molar-refractivity contribution in [2.75, 3.05) is 23.8 Å². The van der Waals surface area contributed by atoms with Gasteiger partial charge in [-0.1, -0.05) is 25.5 Å². The minimum atomic E-state index is -0.0968. The summed E-state index contributed by atoms with van der Waals surface area (Å²) in [6.45, 7) is 3.06. The van der Waals surface area contributed by atoms with Gasteiger partial charge < -0.3 is 15.4 Å². The van der Waals surface area contributed by atoms with E-state index in [0.29, 0.717) is 0 Å². The molecule has 0 saturated carbocycles. The lowest BCUT2D eigenvalue weighted by molar-refractivity contribution is -0.114. The number of carbonyl (C=O) groups excluding carboxylic acids is 1. The number of hydrogen-bond donors (Lipinski definition) is 2. The zero-order valence-corrected chi connectivity index (χ0v) is 14.7. The van der Waals surface area contributed by atoms with E-state index in [2.05, 4.69) is 33.5 Å². The predicted molar refractivity (Wildman–Crippen MR) is 98.1 cm³/mol. The summed E-state index contributed by atoms with van der Waals surface area (Å²) in [5, 5.41) is 5.95. The Bertz CT molecular complexity index is 629. The lowest BCUT2D eigenvalue weighted by Crippen LogP contribution is -2.21. The van der Waals surface area contributed by atoms with Gasteiger partial charge in [-0.2, -0.15) is 0 Å². The van der Waals surface area contributed by atoms with Gasteiger partial charge in [0.1, 0.15) is 5.75 Å². The second kappa shape index (κ2) is 9.20. The Balaban J connectivity index is 1.80. The molecule has 0 unspecified atom stereocenters. The number of benzene rings is 2. The van der Waals surface area contributed by atoms with Crippen molar-refractivity contribution < 1.29 is 9.53 Å². The van der Waals surface area contributed by atoms with E-state index in [0.717, 1.165) is 41.0 Å². The van der Waals surface area contributed by atoms with Crippen molar-refractivity contribution in [3.63, 3.8) is 0 Å². The van der Waals surface area contributed by atoms with Crippen LogP contribution >= 0.6 is 15.9 Å². The molecule has 1 amide bonds. The number of ether oxygens (including phenoxy) is 1. The SMILES string of the molecule is CCCCOc1ccc(NC(=O)CNc2ccccc2Br)cc1. The molecule has 0 radical (unpaired) electrons. The van der Waals surface area contributed by atoms with Crippen LogP contribution in [0, 0.1) is 0 Å². The van der Waals surface area contributed by atoms with Crippen LogP contribution in [0.15, 0.2) is 53.0 Å². The van der Waals surface area contributed by atoms with Crippen molar-refractivity contribution in [3.05, 3.63) is 53.0 Å². The normalized spacial score (nSPS) is 10.2. The van der Waals surface area contributed by atoms with Crippen LogP contribution in [0.5, 0.6) is 5.75 Å². The topological polar surface area (TPSA) is 50.4 Å². The minimum absolute atomic E-state index is 0.0968. The monoisotopic (exact) mass is 376 g/mol. The number of halogens is 1. The molecular formula is C18H21BrN2O2. The molecular weight excluding hydrogens is 356 g/mol. The molecule has 0 fully saturated rings. The van der Waals surface area contributed by atoms with Gasteiger partial charge in [-0.15, -0.1) is 0 Å². The summed E-state index contributed by atoms with van der Waals surface area (Å²) < 4.78 is 6.53. The fourth-order valence-electron chi connectivity index (χ4n) is 1.95. The largest absolute Gasteiger partial charge is 0.494 e. The number of rotatable bonds is 8. The molecule has 2 rings (SSSR count). The second-order valence-corrected chi connectivity index (χ2v) is 5.96. The van der Waals surface area contributed by atoms with Crippen molar-refractivity contribution in [1.29, 1.82) is 0 Å². The molecule has 0 aliphatic carbocycles. The molecule has 0 saturated heterocycles. The van der Waals surface area contributed by atoms with Crippen LogP contribution in [0.4, 0.5) is 11.4 Å². The average molecular weight is 377 g/mol. The van der Waals surface area contributed by atoms with Gasteiger partial charge in [0.2, 0.25) is 5.91 Å². The standard InChI is InChI=1S/C18H21BrN2O2/c1-2-3-12-23-15-10-8-14(9-11-15)21-18(22)13-20-17-7-5-4-6-16(17)19/h4-11,20H,2-3,12-13H2,1H3,(H,21,22). The van der Waals surface area contributed by atoms with Crippen LogP contribution in [0.3, 0.4) is 0 Å². The lowest BCUT2D eigenvalue weighted by Gasteiger charge is -2.10. The van der Waals surface area contributed by atoms with E-state index in [1.54, 1.807) is 0 Å². The minimum Gasteiger partial charge on any atom is -0.494 e. The Morgan fingerprint density at radius 3 is 2.57 bits per heavy atom. The molecule has 0 atom stereocenters. The molecule has 0 heterocycles. The maximum Gasteiger partial charge on any atom is 0.243 e. The summed E-state index contributed by atoms with van der Waals surface area (Å²) in [5.41, 5.74) is 1.65. The lowest BCUT2D eigenvalue weighted by atomic mass is 10.3. The van der Waals surface area contributed by atoms with Gasteiger partial charge >= 0.3 is 0 Å². The van der Waals surface area contributed by atoms with E-state index >= 15 is 0 Å². The van der Waals surface area contributed by atoms with Gasteiger partial charge in [0.15, 0.2) is 0 Å². The van der Waals surface area contributed by atoms with Crippen LogP contribution in [0.25, 0.3) is 0 Å². The quantitative estimate of drug-likeness (QED) is 0.657. The van der Waals surface area contributed by atoms with Gasteiger partial charge in [-0.25, -0.2) is 0 Å². The third kappa shape index (κ3) is 5.94. The van der Waals surface area contributed by atoms with Crippen LogP contribution in [-0.4, -0.2) is 19.1 Å². The first-order valence-electron chi connectivity index (χ1n) is 7.70. The zero-order chi connectivity index (χ0) is 16.5. The third-order valence-corrected chi connectivity index (χ3v) is 3.91. The van der Waals surface area contributed by atoms with Crippen molar-refractivity contribution in [1.82, 2.24) is 0 Å². The van der Waals surface area contributed by atoms with Gasteiger partial charge in [-0.3, -0.25) is 4.79 Å². The molecule has 2 N–H and O–H groups in total. The van der Waals surface area contributed by atoms with Gasteiger partial charge in [0.05, 0.1) is 13.2 Å². The number of hydrogen-bond acceptors (Lipinski definition) is 3. The van der Waals surface area contributed by atoms with E-state index in [1.807, 2.05) is 48.5 Å². The highest BCUT2D eigenvalue weighted by molar-refractivity contribution is 9.10. The Kier molecular flexibility index (Phi) is 6.94. The Morgan fingerprint density at radius 1 is 1.13 bits per heavy atom. The molecule has 0 bridgehead atoms. The van der Waals surface area contributed by atoms with Crippen molar-refractivity contribution in [3.8, 4) is 5.75 Å². The molecule has 2 aromatic carbocycles. The van der Waals surface area contributed by atoms with E-state index in [1.165, 1.54) is 0 Å². The molecule has 122 valence electrons. The Labute approximate surface area is 145 Å². The summed E-state index contributed by atoms with van der Waals surface area (Å²) in [6, 6.07) is 15.1. The van der Waals surface area contributed by atoms with E-state index < -0.39 is 0 Å². The van der Waals surface area contributed by atoms with Gasteiger partial charge in [-0.05, 0) is 58.7 Å². The number of unbranched alkanes of at least 4 members (excludes halogenated alkanes) is 1. The first kappa shape index (κ1) is 17.3. The van der Waals surface area contributed by atoms with Gasteiger partial charge in [0.25, 0.3) is 0 Å². The molecule has 2 aromatic rings. The van der Waals surface area contributed by atoms with E-state index in [4.69, 9.17) is 4.74 Å². The maximum atomic E-state index is 12.0. The van der Waals surface area contributed by atoms with Crippen molar-refractivity contribution >= 4 is 33.2 Å². The highest BCUT2D eigenvalue weighted by atomic mass is 79.9. The average Bonchev–Trinajstić information content (AvgIpc) is 2.56. The highest BCUT2D eigenvalue weighted by Crippen LogP contribution is 2.21. The molecule has 5 heteroatoms. The Hall–Kier alpha value is -2.01. The summed E-state index contributed by atoms with van der Waals surface area (Å²) in [4.78, 5) is 12.0. The molecule has 0 spiro atoms. The first-order chi connectivity index (χ1) is 11.2. The Morgan fingerprint density at radius 2 is 1.87 bits per heavy atom. The van der Waals surface area contributed by atoms with Crippen molar-refractivity contribution in [2.45, 2.75) is 19.8 Å². The molecule has 23 heavy (non-hydrogen) atoms. The first-order valence-corrected chi connectivity index (χ1v) is 8.49. The van der Waals surface area contributed by atoms with E-state index in [9.17, 15) is 4.79 Å². The predicted octanol–water partition coefficient (Wildman–Crippen LogP) is 4.68. The molecule has 0 aliphatic heterocycles. The van der Waals surface area contributed by atoms with Crippen molar-refractivity contribution in [2.24, 2.45) is 0 Å². The van der Waals surface area contributed by atoms with Crippen LogP contribution < -0.4 is 15.4 Å². The summed E-state index contributed by atoms with van der Waals surface area (Å²) in [6.07, 6.45) is 2.15. The number of carbonyl (C=O) groups is 1. The van der Waals surface area contributed by atoms with E-state index in [-0.39, 0.29) is 12.5 Å². The zero-order valence-electron chi connectivity index (χ0n) is 13.1. The van der Waals surface area contributed by atoms with Gasteiger partial charge in [0, 0.05) is 15.8 Å². The maximum absolute atomic E-state index is 12.0. The number of nitrogens with one attached hydrogen (secondary N) is 2. The number of para-hydroxylation sites is 1. The molecule has 0 aromatic heterocycles. The van der Waals surface area contributed by atoms with Crippen LogP contribution in [0.2, 0.25) is 0 Å². The number of anilines is 2. The van der Waals surface area contributed by atoms with Crippen LogP contribution in [0.1, 0.15) is 19.8 Å². The summed E-state index contributed by atoms with van der Waals surface area (Å²) >= 11 is 3.44. The molecule has 0 aliphatic rings. The summed E-state index contributed by atoms with van der Waals surface area (Å²) in [5.74, 6) is 0.725. The van der Waals surface area contributed by atoms with Crippen LogP contribution in [-0.2, 0) is 4.79 Å².